The standard InChI is InChI=1S/C26H30N2O5/c1-5-8-22-27-21(16-29)23(24(30)31)28(22)15-17-11-13-18(14-12-17)19-9-6-7-10-20(19)25(32)33-26(2,3)4/h6-7,9-14,29H,5,8,15-16H2,1-4H3,(H,30,31). The first-order valence-corrected chi connectivity index (χ1v) is 11.0. The van der Waals surface area contributed by atoms with E-state index in [1.807, 2.05) is 64.1 Å². The number of carbonyl (C=O) groups excluding carboxylic acids is 1. The van der Waals surface area contributed by atoms with Gasteiger partial charge in [-0.25, -0.2) is 14.6 Å². The van der Waals surface area contributed by atoms with Crippen LogP contribution in [0.25, 0.3) is 11.1 Å². The number of benzene rings is 2. The molecule has 0 bridgehead atoms. The van der Waals surface area contributed by atoms with E-state index in [2.05, 4.69) is 4.98 Å². The maximum Gasteiger partial charge on any atom is 0.354 e. The van der Waals surface area contributed by atoms with Gasteiger partial charge in [0.15, 0.2) is 5.69 Å². The number of imidazole rings is 1. The average Bonchev–Trinajstić information content (AvgIpc) is 3.11. The van der Waals surface area contributed by atoms with Crippen molar-refractivity contribution < 1.29 is 24.5 Å². The van der Waals surface area contributed by atoms with Gasteiger partial charge < -0.3 is 19.5 Å². The number of hydrogen-bond donors (Lipinski definition) is 2. The molecule has 7 heteroatoms. The maximum absolute atomic E-state index is 12.7. The van der Waals surface area contributed by atoms with Crippen LogP contribution in [0, 0.1) is 0 Å². The molecule has 33 heavy (non-hydrogen) atoms. The predicted octanol–water partition coefficient (Wildman–Crippen LogP) is 4.70. The Morgan fingerprint density at radius 1 is 1.06 bits per heavy atom. The molecule has 2 N–H and O–H groups in total. The highest BCUT2D eigenvalue weighted by molar-refractivity contribution is 5.97. The first-order chi connectivity index (χ1) is 15.6. The van der Waals surface area contributed by atoms with Crippen LogP contribution < -0.4 is 0 Å². The molecule has 0 aliphatic rings. The number of rotatable bonds is 8. The van der Waals surface area contributed by atoms with Crippen molar-refractivity contribution in [2.45, 2.75) is 59.3 Å². The SMILES string of the molecule is CCCc1nc(CO)c(C(=O)O)n1Cc1ccc(-c2ccccc2C(=O)OC(C)(C)C)cc1. The van der Waals surface area contributed by atoms with Gasteiger partial charge in [-0.15, -0.1) is 0 Å². The Balaban J connectivity index is 1.93. The summed E-state index contributed by atoms with van der Waals surface area (Å²) in [6, 6.07) is 14.9. The second-order valence-corrected chi connectivity index (χ2v) is 8.87. The second-order valence-electron chi connectivity index (χ2n) is 8.87. The molecule has 1 aromatic heterocycles. The van der Waals surface area contributed by atoms with Crippen molar-refractivity contribution in [3.8, 4) is 11.1 Å². The smallest absolute Gasteiger partial charge is 0.354 e. The zero-order chi connectivity index (χ0) is 24.2. The fourth-order valence-corrected chi connectivity index (χ4v) is 3.71. The lowest BCUT2D eigenvalue weighted by Gasteiger charge is -2.20. The van der Waals surface area contributed by atoms with Crippen LogP contribution in [-0.4, -0.2) is 37.3 Å². The fraction of sp³-hybridized carbons (Fsp3) is 0.346. The summed E-state index contributed by atoms with van der Waals surface area (Å²) < 4.78 is 7.20. The summed E-state index contributed by atoms with van der Waals surface area (Å²) in [5, 5.41) is 19.2. The lowest BCUT2D eigenvalue weighted by molar-refractivity contribution is 0.00702. The molecule has 0 fully saturated rings. The molecular weight excluding hydrogens is 420 g/mol. The Hall–Kier alpha value is -3.45. The van der Waals surface area contributed by atoms with Gasteiger partial charge in [-0.2, -0.15) is 0 Å². The number of carboxylic acid groups (broad SMARTS) is 1. The van der Waals surface area contributed by atoms with Crippen LogP contribution in [0.4, 0.5) is 0 Å². The van der Waals surface area contributed by atoms with Crippen molar-refractivity contribution in [2.75, 3.05) is 0 Å². The van der Waals surface area contributed by atoms with Gasteiger partial charge in [-0.3, -0.25) is 0 Å². The lowest BCUT2D eigenvalue weighted by atomic mass is 9.98. The van der Waals surface area contributed by atoms with Crippen LogP contribution in [0.15, 0.2) is 48.5 Å². The molecule has 0 saturated heterocycles. The van der Waals surface area contributed by atoms with Crippen molar-refractivity contribution in [1.29, 1.82) is 0 Å². The van der Waals surface area contributed by atoms with Crippen LogP contribution in [0.2, 0.25) is 0 Å². The Bertz CT molecular complexity index is 1140. The zero-order valence-corrected chi connectivity index (χ0v) is 19.5. The number of aromatic nitrogens is 2. The predicted molar refractivity (Wildman–Crippen MR) is 125 cm³/mol. The number of carboxylic acids is 1. The van der Waals surface area contributed by atoms with E-state index in [0.717, 1.165) is 23.1 Å². The lowest BCUT2D eigenvalue weighted by Crippen LogP contribution is -2.24. The van der Waals surface area contributed by atoms with E-state index in [4.69, 9.17) is 4.74 Å². The van der Waals surface area contributed by atoms with Crippen molar-refractivity contribution >= 4 is 11.9 Å². The Morgan fingerprint density at radius 2 is 1.73 bits per heavy atom. The summed E-state index contributed by atoms with van der Waals surface area (Å²) in [6.45, 7) is 7.38. The highest BCUT2D eigenvalue weighted by Crippen LogP contribution is 2.27. The molecule has 174 valence electrons. The topological polar surface area (TPSA) is 102 Å². The number of aliphatic hydroxyl groups is 1. The summed E-state index contributed by atoms with van der Waals surface area (Å²) in [5.74, 6) is -0.859. The molecule has 0 atom stereocenters. The van der Waals surface area contributed by atoms with Crippen LogP contribution >= 0.6 is 0 Å². The molecule has 0 aliphatic carbocycles. The van der Waals surface area contributed by atoms with Crippen LogP contribution in [0.1, 0.15) is 72.0 Å². The molecule has 0 radical (unpaired) electrons. The van der Waals surface area contributed by atoms with E-state index < -0.39 is 18.2 Å². The molecule has 1 heterocycles. The monoisotopic (exact) mass is 450 g/mol. The highest BCUT2D eigenvalue weighted by atomic mass is 16.6. The molecule has 0 unspecified atom stereocenters. The summed E-state index contributed by atoms with van der Waals surface area (Å²) in [5.41, 5.74) is 2.59. The molecule has 7 nitrogen and oxygen atoms in total. The minimum Gasteiger partial charge on any atom is -0.477 e. The summed E-state index contributed by atoms with van der Waals surface area (Å²) in [4.78, 5) is 28.9. The van der Waals surface area contributed by atoms with E-state index in [1.54, 1.807) is 16.7 Å². The van der Waals surface area contributed by atoms with Crippen LogP contribution in [-0.2, 0) is 24.3 Å². The van der Waals surface area contributed by atoms with Crippen LogP contribution in [0.3, 0.4) is 0 Å². The molecule has 3 aromatic rings. The van der Waals surface area contributed by atoms with Gasteiger partial charge >= 0.3 is 11.9 Å². The van der Waals surface area contributed by atoms with Gasteiger partial charge in [0.2, 0.25) is 0 Å². The van der Waals surface area contributed by atoms with Gasteiger partial charge in [0, 0.05) is 13.0 Å². The fourth-order valence-electron chi connectivity index (χ4n) is 3.71. The van der Waals surface area contributed by atoms with Crippen molar-refractivity contribution in [2.24, 2.45) is 0 Å². The van der Waals surface area contributed by atoms with E-state index in [-0.39, 0.29) is 17.4 Å². The molecule has 2 aromatic carbocycles. The van der Waals surface area contributed by atoms with Gasteiger partial charge in [0.1, 0.15) is 11.4 Å². The zero-order valence-electron chi connectivity index (χ0n) is 19.5. The second kappa shape index (κ2) is 10.0. The average molecular weight is 451 g/mol. The van der Waals surface area contributed by atoms with Gasteiger partial charge in [-0.05, 0) is 49.9 Å². The summed E-state index contributed by atoms with van der Waals surface area (Å²) in [7, 11) is 0. The molecule has 0 spiro atoms. The minimum absolute atomic E-state index is 0.0142. The highest BCUT2D eigenvalue weighted by Gasteiger charge is 2.23. The Morgan fingerprint density at radius 3 is 2.30 bits per heavy atom. The minimum atomic E-state index is -1.11. The summed E-state index contributed by atoms with van der Waals surface area (Å²) in [6.07, 6.45) is 1.42. The first-order valence-electron chi connectivity index (χ1n) is 11.0. The normalized spacial score (nSPS) is 11.4. The van der Waals surface area contributed by atoms with Crippen LogP contribution in [0.5, 0.6) is 0 Å². The molecule has 0 amide bonds. The Kier molecular flexibility index (Phi) is 7.33. The van der Waals surface area contributed by atoms with Crippen molar-refractivity contribution in [3.63, 3.8) is 0 Å². The third-order valence-corrected chi connectivity index (χ3v) is 5.10. The first kappa shape index (κ1) is 24.2. The number of carbonyl (C=O) groups is 2. The van der Waals surface area contributed by atoms with Gasteiger partial charge in [-0.1, -0.05) is 49.4 Å². The number of aliphatic hydroxyl groups excluding tert-OH is 1. The summed E-state index contributed by atoms with van der Waals surface area (Å²) >= 11 is 0. The number of aryl methyl sites for hydroxylation is 1. The van der Waals surface area contributed by atoms with Crippen molar-refractivity contribution in [3.05, 3.63) is 76.9 Å². The molecule has 3 rings (SSSR count). The molecule has 0 saturated carbocycles. The van der Waals surface area contributed by atoms with E-state index >= 15 is 0 Å². The molecule has 0 aliphatic heterocycles. The Labute approximate surface area is 193 Å². The number of hydrogen-bond acceptors (Lipinski definition) is 5. The van der Waals surface area contributed by atoms with Crippen molar-refractivity contribution in [1.82, 2.24) is 9.55 Å². The largest absolute Gasteiger partial charge is 0.477 e. The number of ether oxygens (including phenoxy) is 1. The van der Waals surface area contributed by atoms with E-state index in [9.17, 15) is 19.8 Å². The van der Waals surface area contributed by atoms with Gasteiger partial charge in [0.05, 0.1) is 17.9 Å². The maximum atomic E-state index is 12.7. The third kappa shape index (κ3) is 5.68. The third-order valence-electron chi connectivity index (χ3n) is 5.10. The van der Waals surface area contributed by atoms with Gasteiger partial charge in [0.25, 0.3) is 0 Å². The van der Waals surface area contributed by atoms with E-state index in [0.29, 0.717) is 24.4 Å². The van der Waals surface area contributed by atoms with E-state index in [1.165, 1.54) is 0 Å². The molecular formula is C26H30N2O5. The number of esters is 1. The number of nitrogens with zero attached hydrogens (tertiary/aromatic N) is 2. The number of aromatic carboxylic acids is 1. The quantitative estimate of drug-likeness (QED) is 0.483.